The minimum atomic E-state index is -0.632. The van der Waals surface area contributed by atoms with Crippen LogP contribution < -0.4 is 25.7 Å². The summed E-state index contributed by atoms with van der Waals surface area (Å²) < 4.78 is 36.7. The first-order chi connectivity index (χ1) is 26.8. The number of piperazine rings is 1. The van der Waals surface area contributed by atoms with Crippen molar-refractivity contribution in [3.05, 3.63) is 70.3 Å². The molecule has 1 atom stereocenters. The van der Waals surface area contributed by atoms with Gasteiger partial charge >= 0.3 is 0 Å². The number of carbonyl (C=O) groups is 2. The summed E-state index contributed by atoms with van der Waals surface area (Å²) in [5, 5.41) is 7.84. The molecule has 0 unspecified atom stereocenters. The minimum Gasteiger partial charge on any atom is -0.456 e. The number of anilines is 1. The van der Waals surface area contributed by atoms with Crippen LogP contribution in [0.5, 0.6) is 11.5 Å². The first kappa shape index (κ1) is 35.7. The minimum absolute atomic E-state index is 0.0206. The van der Waals surface area contributed by atoms with Crippen molar-refractivity contribution in [3.63, 3.8) is 0 Å². The highest BCUT2D eigenvalue weighted by Gasteiger charge is 2.34. The lowest BCUT2D eigenvalue weighted by molar-refractivity contribution is -0.122. The summed E-state index contributed by atoms with van der Waals surface area (Å²) in [4.78, 5) is 49.4. The molecule has 14 heteroatoms. The van der Waals surface area contributed by atoms with E-state index in [1.165, 1.54) is 12.3 Å². The average molecular weight is 752 g/mol. The second kappa shape index (κ2) is 14.9. The van der Waals surface area contributed by atoms with Crippen LogP contribution in [0.1, 0.15) is 36.0 Å². The van der Waals surface area contributed by atoms with Crippen molar-refractivity contribution in [1.29, 1.82) is 0 Å². The van der Waals surface area contributed by atoms with E-state index in [-0.39, 0.29) is 34.3 Å². The molecule has 13 nitrogen and oxygen atoms in total. The van der Waals surface area contributed by atoms with Gasteiger partial charge in [0.25, 0.3) is 5.91 Å². The zero-order valence-electron chi connectivity index (χ0n) is 31.1. The quantitative estimate of drug-likeness (QED) is 0.196. The van der Waals surface area contributed by atoms with Crippen molar-refractivity contribution in [2.24, 2.45) is 0 Å². The Labute approximate surface area is 317 Å². The predicted molar refractivity (Wildman–Crippen MR) is 208 cm³/mol. The van der Waals surface area contributed by atoms with E-state index in [2.05, 4.69) is 32.4 Å². The zero-order valence-corrected chi connectivity index (χ0v) is 31.1. The largest absolute Gasteiger partial charge is 0.456 e. The van der Waals surface area contributed by atoms with Gasteiger partial charge in [0.1, 0.15) is 27.9 Å². The highest BCUT2D eigenvalue weighted by atomic mass is 19.1. The molecule has 9 rings (SSSR count). The summed E-state index contributed by atoms with van der Waals surface area (Å²) in [6.45, 7) is 8.85. The molecule has 5 aromatic rings. The van der Waals surface area contributed by atoms with Crippen molar-refractivity contribution in [3.8, 4) is 17.2 Å². The fourth-order valence-corrected chi connectivity index (χ4v) is 8.42. The summed E-state index contributed by atoms with van der Waals surface area (Å²) >= 11 is 0. The molecule has 3 aromatic carbocycles. The third-order valence-electron chi connectivity index (χ3n) is 11.4. The summed E-state index contributed by atoms with van der Waals surface area (Å²) in [6, 6.07) is 12.5. The third kappa shape index (κ3) is 6.92. The van der Waals surface area contributed by atoms with Crippen molar-refractivity contribution in [2.45, 2.75) is 31.7 Å². The molecule has 55 heavy (non-hydrogen) atoms. The van der Waals surface area contributed by atoms with E-state index in [1.807, 2.05) is 41.3 Å². The van der Waals surface area contributed by atoms with Gasteiger partial charge in [0.2, 0.25) is 11.3 Å². The lowest BCUT2D eigenvalue weighted by atomic mass is 10.0. The lowest BCUT2D eigenvalue weighted by Gasteiger charge is -2.32. The van der Waals surface area contributed by atoms with Crippen LogP contribution in [-0.4, -0.2) is 123 Å². The summed E-state index contributed by atoms with van der Waals surface area (Å²) in [6.07, 6.45) is 4.23. The number of carbonyl (C=O) groups excluding carboxylic acids is 2. The van der Waals surface area contributed by atoms with Crippen molar-refractivity contribution < 1.29 is 27.9 Å². The smallest absolute Gasteiger partial charge is 0.256 e. The summed E-state index contributed by atoms with van der Waals surface area (Å²) in [5.74, 6) is -0.545. The van der Waals surface area contributed by atoms with E-state index >= 15 is 4.39 Å². The fraction of sp³-hybridized carbons (Fsp3) is 0.439. The molecule has 288 valence electrons. The second-order valence-electron chi connectivity index (χ2n) is 15.2. The number of hydrogen-bond donors (Lipinski definition) is 2. The Balaban J connectivity index is 1.03. The predicted octanol–water partition coefficient (Wildman–Crippen LogP) is 4.27. The average Bonchev–Trinajstić information content (AvgIpc) is 3.80. The number of likely N-dealkylation sites (N-methyl/N-ethyl adjacent to an activating group) is 1. The molecule has 4 aliphatic rings. The number of ether oxygens (including phenoxy) is 2. The Kier molecular flexibility index (Phi) is 9.67. The summed E-state index contributed by atoms with van der Waals surface area (Å²) in [7, 11) is 2.11. The van der Waals surface area contributed by atoms with E-state index in [0.717, 1.165) is 63.1 Å². The fourth-order valence-electron chi connectivity index (χ4n) is 8.42. The molecular weight excluding hydrogens is 705 g/mol. The van der Waals surface area contributed by atoms with Crippen LogP contribution in [-0.2, 0) is 9.53 Å². The van der Waals surface area contributed by atoms with Crippen LogP contribution >= 0.6 is 0 Å². The van der Waals surface area contributed by atoms with Gasteiger partial charge < -0.3 is 43.8 Å². The number of rotatable bonds is 10. The Morgan fingerprint density at radius 1 is 0.945 bits per heavy atom. The number of benzene rings is 3. The molecule has 2 aromatic heterocycles. The van der Waals surface area contributed by atoms with E-state index in [9.17, 15) is 14.4 Å². The number of halogens is 1. The Bertz CT molecular complexity index is 2350. The molecule has 2 amide bonds. The Hall–Kier alpha value is -5.02. The SMILES string of the molecule is CN1CCN(CCC(=O)N[C@@H]2CCN(c3c(F)cc4c(=O)c(C(=O)NCCCN5CCCOC5)cn5c4c3Oc3cc4c(cc3-5)oc3ccccc34)C2)CC1. The van der Waals surface area contributed by atoms with Crippen LogP contribution in [0.25, 0.3) is 38.5 Å². The van der Waals surface area contributed by atoms with E-state index in [1.54, 1.807) is 4.57 Å². The van der Waals surface area contributed by atoms with Gasteiger partial charge in [-0.3, -0.25) is 19.3 Å². The summed E-state index contributed by atoms with van der Waals surface area (Å²) in [5.41, 5.74) is 1.79. The van der Waals surface area contributed by atoms with Gasteiger partial charge in [-0.25, -0.2) is 4.39 Å². The first-order valence-electron chi connectivity index (χ1n) is 19.4. The lowest BCUT2D eigenvalue weighted by Crippen LogP contribution is -2.46. The molecule has 0 bridgehead atoms. The molecule has 4 aliphatic heterocycles. The number of amides is 2. The van der Waals surface area contributed by atoms with Gasteiger partial charge in [0.15, 0.2) is 17.3 Å². The van der Waals surface area contributed by atoms with E-state index in [0.29, 0.717) is 80.3 Å². The Morgan fingerprint density at radius 3 is 2.64 bits per heavy atom. The van der Waals surface area contributed by atoms with E-state index < -0.39 is 17.2 Å². The van der Waals surface area contributed by atoms with Crippen molar-refractivity contribution >= 4 is 50.3 Å². The molecule has 0 radical (unpaired) electrons. The number of nitrogens with zero attached hydrogens (tertiary/aromatic N) is 5. The van der Waals surface area contributed by atoms with Crippen molar-refractivity contribution in [1.82, 2.24) is 29.9 Å². The van der Waals surface area contributed by atoms with Crippen LogP contribution in [0.4, 0.5) is 10.1 Å². The standard InChI is InChI=1S/C41H46FN7O6/c1-45-15-17-46(18-16-45)13-9-36(50)44-26-8-14-48(23-26)38-31(42)20-29-37-40(38)55-35-21-28-27-6-2-3-7-33(27)54-34(28)22-32(35)49(37)24-30(39(29)51)41(52)43-10-4-11-47-12-5-19-53-25-47/h2-3,6-7,20-22,24,26H,4-5,8-19,23,25H2,1H3,(H,43,52)(H,44,50)/t26-/m1/s1. The molecule has 0 saturated carbocycles. The Morgan fingerprint density at radius 2 is 1.80 bits per heavy atom. The number of hydrogen-bond acceptors (Lipinski definition) is 10. The second-order valence-corrected chi connectivity index (χ2v) is 15.2. The molecule has 0 aliphatic carbocycles. The van der Waals surface area contributed by atoms with Crippen LogP contribution in [0.15, 0.2) is 57.9 Å². The topological polar surface area (TPSA) is 125 Å². The number of fused-ring (bicyclic) bond motifs is 5. The van der Waals surface area contributed by atoms with Crippen LogP contribution in [0, 0.1) is 5.82 Å². The number of nitrogens with one attached hydrogen (secondary N) is 2. The van der Waals surface area contributed by atoms with Crippen LogP contribution in [0.2, 0.25) is 0 Å². The number of para-hydroxylation sites is 1. The van der Waals surface area contributed by atoms with Gasteiger partial charge in [-0.1, -0.05) is 18.2 Å². The number of furan rings is 1. The molecule has 3 saturated heterocycles. The maximum absolute atomic E-state index is 16.5. The zero-order chi connectivity index (χ0) is 37.6. The first-order valence-corrected chi connectivity index (χ1v) is 19.4. The molecule has 0 spiro atoms. The van der Waals surface area contributed by atoms with Crippen LogP contribution in [0.3, 0.4) is 0 Å². The van der Waals surface area contributed by atoms with Gasteiger partial charge in [0.05, 0.1) is 17.8 Å². The highest BCUT2D eigenvalue weighted by molar-refractivity contribution is 6.07. The maximum atomic E-state index is 16.5. The number of aromatic nitrogens is 1. The molecule has 3 fully saturated rings. The monoisotopic (exact) mass is 751 g/mol. The van der Waals surface area contributed by atoms with E-state index in [4.69, 9.17) is 13.9 Å². The highest BCUT2D eigenvalue weighted by Crippen LogP contribution is 2.49. The molecule has 6 heterocycles. The van der Waals surface area contributed by atoms with Gasteiger partial charge in [-0.2, -0.15) is 0 Å². The van der Waals surface area contributed by atoms with Gasteiger partial charge in [-0.05, 0) is 44.5 Å². The number of pyridine rings is 1. The van der Waals surface area contributed by atoms with Crippen molar-refractivity contribution in [2.75, 3.05) is 90.7 Å². The molecule has 2 N–H and O–H groups in total. The third-order valence-corrected chi connectivity index (χ3v) is 11.4. The maximum Gasteiger partial charge on any atom is 0.256 e. The van der Waals surface area contributed by atoms with Gasteiger partial charge in [-0.15, -0.1) is 0 Å². The molecular formula is C41H46FN7O6. The van der Waals surface area contributed by atoms with Gasteiger partial charge in [0, 0.05) is 108 Å². The normalized spacial score (nSPS) is 19.2.